The number of halogens is 1. The summed E-state index contributed by atoms with van der Waals surface area (Å²) in [7, 11) is 0. The zero-order chi connectivity index (χ0) is 27.8. The Labute approximate surface area is 236 Å². The monoisotopic (exact) mass is 584 g/mol. The third-order valence-corrected chi connectivity index (χ3v) is 6.71. The fourth-order valence-corrected chi connectivity index (χ4v) is 4.26. The normalized spacial score (nSPS) is 12.2. The topological polar surface area (TPSA) is 117 Å². The Kier molecular flexibility index (Phi) is 9.12. The van der Waals surface area contributed by atoms with Crippen LogP contribution in [-0.4, -0.2) is 17.6 Å². The molecule has 5 N–H and O–H groups in total. The number of amidine groups is 1. The first-order valence-electron chi connectivity index (χ1n) is 12.4. The van der Waals surface area contributed by atoms with Crippen LogP contribution >= 0.6 is 15.9 Å². The van der Waals surface area contributed by atoms with Crippen molar-refractivity contribution in [2.24, 2.45) is 5.73 Å². The van der Waals surface area contributed by atoms with Crippen molar-refractivity contribution in [3.05, 3.63) is 130 Å². The Morgan fingerprint density at radius 1 is 0.846 bits per heavy atom. The van der Waals surface area contributed by atoms with E-state index in [0.29, 0.717) is 23.4 Å². The Morgan fingerprint density at radius 2 is 1.49 bits per heavy atom. The Hall–Kier alpha value is -4.43. The molecule has 0 aromatic heterocycles. The van der Waals surface area contributed by atoms with Gasteiger partial charge in [0.15, 0.2) is 0 Å². The number of hydrogen-bond donors (Lipinski definition) is 4. The van der Waals surface area contributed by atoms with Gasteiger partial charge in [0.1, 0.15) is 24.1 Å². The van der Waals surface area contributed by atoms with Gasteiger partial charge in [-0.25, -0.2) is 0 Å². The van der Waals surface area contributed by atoms with E-state index < -0.39 is 17.7 Å². The number of nitrogens with one attached hydrogen (secondary N) is 3. The fourth-order valence-electron chi connectivity index (χ4n) is 3.99. The van der Waals surface area contributed by atoms with E-state index in [9.17, 15) is 9.59 Å². The van der Waals surface area contributed by atoms with Gasteiger partial charge in [-0.05, 0) is 72.1 Å². The van der Waals surface area contributed by atoms with Crippen LogP contribution in [0, 0.1) is 5.41 Å². The van der Waals surface area contributed by atoms with Crippen LogP contribution in [0.4, 0.5) is 5.69 Å². The lowest BCUT2D eigenvalue weighted by Crippen LogP contribution is -2.37. The van der Waals surface area contributed by atoms with Crippen LogP contribution in [0.3, 0.4) is 0 Å². The molecule has 0 aliphatic rings. The second kappa shape index (κ2) is 12.9. The Balaban J connectivity index is 1.42. The van der Waals surface area contributed by atoms with Crippen LogP contribution in [0.2, 0.25) is 0 Å². The van der Waals surface area contributed by atoms with Crippen LogP contribution in [0.25, 0.3) is 0 Å². The molecule has 198 valence electrons. The van der Waals surface area contributed by atoms with Gasteiger partial charge in [0.25, 0.3) is 0 Å². The highest BCUT2D eigenvalue weighted by Gasteiger charge is 2.29. The number of amides is 2. The van der Waals surface area contributed by atoms with E-state index in [2.05, 4.69) is 26.6 Å². The van der Waals surface area contributed by atoms with Gasteiger partial charge in [0, 0.05) is 15.7 Å². The predicted molar refractivity (Wildman–Crippen MR) is 157 cm³/mol. The lowest BCUT2D eigenvalue weighted by atomic mass is 9.96. The average Bonchev–Trinajstić information content (AvgIpc) is 2.94. The van der Waals surface area contributed by atoms with Crippen molar-refractivity contribution in [3.8, 4) is 5.75 Å². The quantitative estimate of drug-likeness (QED) is 0.105. The van der Waals surface area contributed by atoms with Gasteiger partial charge in [0.05, 0.1) is 6.04 Å². The fraction of sp³-hybridized carbons (Fsp3) is 0.129. The van der Waals surface area contributed by atoms with E-state index in [-0.39, 0.29) is 11.9 Å². The van der Waals surface area contributed by atoms with Gasteiger partial charge < -0.3 is 21.1 Å². The van der Waals surface area contributed by atoms with Crippen molar-refractivity contribution in [3.63, 3.8) is 0 Å². The maximum atomic E-state index is 13.4. The highest BCUT2D eigenvalue weighted by molar-refractivity contribution is 9.10. The van der Waals surface area contributed by atoms with E-state index in [1.165, 1.54) is 0 Å². The number of anilines is 1. The Bertz CT molecular complexity index is 1420. The summed E-state index contributed by atoms with van der Waals surface area (Å²) < 4.78 is 6.89. The van der Waals surface area contributed by atoms with E-state index in [1.807, 2.05) is 61.5 Å². The van der Waals surface area contributed by atoms with Gasteiger partial charge in [-0.2, -0.15) is 0 Å². The number of ether oxygens (including phenoxy) is 1. The lowest BCUT2D eigenvalue weighted by Gasteiger charge is -2.21. The maximum Gasteiger partial charge on any atom is 0.241 e. The molecule has 0 saturated heterocycles. The van der Waals surface area contributed by atoms with Crippen LogP contribution in [0.15, 0.2) is 108 Å². The zero-order valence-corrected chi connectivity index (χ0v) is 22.9. The average molecular weight is 586 g/mol. The first-order chi connectivity index (χ1) is 18.8. The highest BCUT2D eigenvalue weighted by atomic mass is 79.9. The maximum absolute atomic E-state index is 13.4. The van der Waals surface area contributed by atoms with E-state index >= 15 is 0 Å². The molecule has 2 unspecified atom stereocenters. The summed E-state index contributed by atoms with van der Waals surface area (Å²) in [5.41, 5.74) is 9.08. The van der Waals surface area contributed by atoms with Crippen LogP contribution in [-0.2, 0) is 16.2 Å². The summed E-state index contributed by atoms with van der Waals surface area (Å²) in [5, 5.41) is 13.3. The molecule has 7 nitrogen and oxygen atoms in total. The number of rotatable bonds is 10. The first kappa shape index (κ1) is 27.6. The molecule has 2 amide bonds. The molecule has 0 radical (unpaired) electrons. The van der Waals surface area contributed by atoms with E-state index in [4.69, 9.17) is 15.9 Å². The Morgan fingerprint density at radius 3 is 2.10 bits per heavy atom. The molecule has 0 aliphatic heterocycles. The molecule has 2 atom stereocenters. The van der Waals surface area contributed by atoms with Gasteiger partial charge >= 0.3 is 0 Å². The van der Waals surface area contributed by atoms with Crippen LogP contribution in [0.5, 0.6) is 5.75 Å². The number of nitrogens with two attached hydrogens (primary N) is 1. The van der Waals surface area contributed by atoms with E-state index in [0.717, 1.165) is 21.3 Å². The van der Waals surface area contributed by atoms with Gasteiger partial charge in [0.2, 0.25) is 11.8 Å². The largest absolute Gasteiger partial charge is 0.489 e. The summed E-state index contributed by atoms with van der Waals surface area (Å²) in [5.74, 6) is -1.28. The number of nitrogen functional groups attached to an aromatic ring is 1. The molecule has 0 spiro atoms. The zero-order valence-electron chi connectivity index (χ0n) is 21.4. The summed E-state index contributed by atoms with van der Waals surface area (Å²) >= 11 is 3.43. The molecule has 0 fully saturated rings. The highest BCUT2D eigenvalue weighted by Crippen LogP contribution is 2.23. The molecular formula is C31H29BrN4O3. The van der Waals surface area contributed by atoms with Gasteiger partial charge in [-0.3, -0.25) is 15.0 Å². The van der Waals surface area contributed by atoms with Crippen LogP contribution < -0.4 is 21.1 Å². The molecule has 4 aromatic rings. The van der Waals surface area contributed by atoms with E-state index in [1.54, 1.807) is 48.5 Å². The summed E-state index contributed by atoms with van der Waals surface area (Å²) in [6.45, 7) is 2.32. The molecular weight excluding hydrogens is 556 g/mol. The number of hydrogen-bond acceptors (Lipinski definition) is 4. The molecule has 8 heteroatoms. The molecule has 0 bridgehead atoms. The van der Waals surface area contributed by atoms with Crippen LogP contribution in [0.1, 0.15) is 41.1 Å². The third-order valence-electron chi connectivity index (χ3n) is 6.18. The summed E-state index contributed by atoms with van der Waals surface area (Å²) in [6.07, 6.45) is 0. The minimum atomic E-state index is -1.06. The molecule has 4 rings (SSSR count). The van der Waals surface area contributed by atoms with Crippen molar-refractivity contribution < 1.29 is 14.3 Å². The van der Waals surface area contributed by atoms with Crippen molar-refractivity contribution in [2.75, 3.05) is 5.32 Å². The minimum absolute atomic E-state index is 0.0624. The molecule has 0 saturated carbocycles. The summed E-state index contributed by atoms with van der Waals surface area (Å²) in [4.78, 5) is 26.7. The third kappa shape index (κ3) is 7.55. The molecule has 4 aromatic carbocycles. The SMILES string of the molecule is CC(NC(=O)C(C(=O)Nc1ccc(C(=N)N)cc1)c1ccccc1)c1ccc(OCc2ccc(Br)cc2)cc1. The number of carbonyl (C=O) groups excluding carboxylic acids is 2. The lowest BCUT2D eigenvalue weighted by molar-refractivity contribution is -0.129. The molecule has 39 heavy (non-hydrogen) atoms. The number of benzene rings is 4. The smallest absolute Gasteiger partial charge is 0.241 e. The second-order valence-electron chi connectivity index (χ2n) is 9.04. The minimum Gasteiger partial charge on any atom is -0.489 e. The number of carbonyl (C=O) groups is 2. The van der Waals surface area contributed by atoms with Gasteiger partial charge in [-0.1, -0.05) is 70.5 Å². The van der Waals surface area contributed by atoms with Crippen molar-refractivity contribution in [1.29, 1.82) is 5.41 Å². The van der Waals surface area contributed by atoms with Crippen molar-refractivity contribution >= 4 is 39.3 Å². The predicted octanol–water partition coefficient (Wildman–Crippen LogP) is 5.91. The standard InChI is InChI=1S/C31H29BrN4O3/c1-20(22-11-17-27(18-12-22)39-19-21-7-13-25(32)14-8-21)35-30(37)28(23-5-3-2-4-6-23)31(38)36-26-15-9-24(10-16-26)29(33)34/h2-18,20,28H,19H2,1H3,(H3,33,34)(H,35,37)(H,36,38). The first-order valence-corrected chi connectivity index (χ1v) is 13.2. The summed E-state index contributed by atoms with van der Waals surface area (Å²) in [6, 6.07) is 30.6. The van der Waals surface area contributed by atoms with Gasteiger partial charge in [-0.15, -0.1) is 0 Å². The van der Waals surface area contributed by atoms with Crippen molar-refractivity contribution in [1.82, 2.24) is 5.32 Å². The molecule has 0 heterocycles. The van der Waals surface area contributed by atoms with Crippen molar-refractivity contribution in [2.45, 2.75) is 25.5 Å². The second-order valence-corrected chi connectivity index (χ2v) is 9.95. The molecule has 0 aliphatic carbocycles.